The first-order chi connectivity index (χ1) is 14.2. The molecule has 0 atom stereocenters. The largest absolute Gasteiger partial charge is 0.406 e. The number of guanidine groups is 1. The summed E-state index contributed by atoms with van der Waals surface area (Å²) in [6.45, 7) is 5.84. The van der Waals surface area contributed by atoms with Crippen LogP contribution in [0.4, 0.5) is 13.2 Å². The van der Waals surface area contributed by atoms with Gasteiger partial charge in [0.15, 0.2) is 5.96 Å². The summed E-state index contributed by atoms with van der Waals surface area (Å²) in [6.07, 6.45) is -2.56. The lowest BCUT2D eigenvalue weighted by molar-refractivity contribution is -0.157. The van der Waals surface area contributed by atoms with Crippen molar-refractivity contribution in [3.05, 3.63) is 35.4 Å². The highest BCUT2D eigenvalue weighted by molar-refractivity contribution is 5.85. The van der Waals surface area contributed by atoms with E-state index in [0.29, 0.717) is 17.4 Å². The van der Waals surface area contributed by atoms with Crippen molar-refractivity contribution >= 4 is 11.9 Å². The lowest BCUT2D eigenvalue weighted by atomic mass is 10.0. The number of likely N-dealkylation sites (N-methyl/N-ethyl adjacent to an activating group) is 1. The number of nitrogens with one attached hydrogen (secondary N) is 2. The minimum atomic E-state index is -4.41. The van der Waals surface area contributed by atoms with Crippen LogP contribution in [0.1, 0.15) is 30.9 Å². The maximum Gasteiger partial charge on any atom is 0.406 e. The predicted molar refractivity (Wildman–Crippen MR) is 112 cm³/mol. The minimum absolute atomic E-state index is 0.207. The fourth-order valence-corrected chi connectivity index (χ4v) is 3.40. The lowest BCUT2D eigenvalue weighted by Gasteiger charge is -2.33. The first-order valence-electron chi connectivity index (χ1n) is 10.3. The van der Waals surface area contributed by atoms with Gasteiger partial charge in [-0.3, -0.25) is 9.69 Å². The van der Waals surface area contributed by atoms with Crippen LogP contribution >= 0.6 is 0 Å². The van der Waals surface area contributed by atoms with Crippen LogP contribution in [0.3, 0.4) is 0 Å². The van der Waals surface area contributed by atoms with E-state index in [4.69, 9.17) is 0 Å². The molecule has 0 aromatic heterocycles. The number of benzene rings is 1. The number of aryl methyl sites for hydroxylation is 1. The molecule has 2 N–H and O–H groups in total. The first-order valence-corrected chi connectivity index (χ1v) is 10.3. The van der Waals surface area contributed by atoms with Gasteiger partial charge in [-0.2, -0.15) is 13.2 Å². The number of carbonyl (C=O) groups is 1. The van der Waals surface area contributed by atoms with Gasteiger partial charge >= 0.3 is 6.18 Å². The van der Waals surface area contributed by atoms with Crippen molar-refractivity contribution in [1.82, 2.24) is 20.4 Å². The van der Waals surface area contributed by atoms with Crippen molar-refractivity contribution in [3.63, 3.8) is 0 Å². The van der Waals surface area contributed by atoms with Gasteiger partial charge in [-0.15, -0.1) is 0 Å². The van der Waals surface area contributed by atoms with E-state index in [1.165, 1.54) is 11.1 Å². The van der Waals surface area contributed by atoms with Crippen LogP contribution in [0.15, 0.2) is 29.3 Å². The fraction of sp³-hybridized carbons (Fsp3) is 0.619. The normalized spacial score (nSPS) is 16.4. The summed E-state index contributed by atoms with van der Waals surface area (Å²) in [5.74, 6) is -0.207. The molecular formula is C21H32F3N5O. The number of piperidine rings is 1. The van der Waals surface area contributed by atoms with Gasteiger partial charge in [-0.25, -0.2) is 4.99 Å². The van der Waals surface area contributed by atoms with Crippen LogP contribution in [0.5, 0.6) is 0 Å². The van der Waals surface area contributed by atoms with Gasteiger partial charge in [-0.05, 0) is 37.8 Å². The van der Waals surface area contributed by atoms with Gasteiger partial charge < -0.3 is 15.5 Å². The summed E-state index contributed by atoms with van der Waals surface area (Å²) >= 11 is 0. The van der Waals surface area contributed by atoms with Gasteiger partial charge in [0.2, 0.25) is 5.91 Å². The Morgan fingerprint density at radius 3 is 2.53 bits per heavy atom. The minimum Gasteiger partial charge on any atom is -0.357 e. The highest BCUT2D eigenvalue weighted by Crippen LogP contribution is 2.17. The molecule has 1 heterocycles. The molecule has 2 rings (SSSR count). The average Bonchev–Trinajstić information content (AvgIpc) is 2.68. The lowest BCUT2D eigenvalue weighted by Crippen LogP contribution is -2.49. The Hall–Kier alpha value is -2.29. The summed E-state index contributed by atoms with van der Waals surface area (Å²) in [5, 5.41) is 6.38. The van der Waals surface area contributed by atoms with Gasteiger partial charge in [0.05, 0.1) is 0 Å². The molecule has 1 saturated heterocycles. The fourth-order valence-electron chi connectivity index (χ4n) is 3.40. The number of aliphatic imine (C=N–C) groups is 1. The molecule has 0 spiro atoms. The van der Waals surface area contributed by atoms with E-state index in [0.717, 1.165) is 39.5 Å². The second-order valence-corrected chi connectivity index (χ2v) is 7.68. The third-order valence-electron chi connectivity index (χ3n) is 5.14. The van der Waals surface area contributed by atoms with Crippen LogP contribution < -0.4 is 10.6 Å². The number of halogens is 3. The Kier molecular flexibility index (Phi) is 8.95. The molecule has 0 bridgehead atoms. The molecule has 6 nitrogen and oxygen atoms in total. The number of carbonyl (C=O) groups excluding carboxylic acids is 1. The summed E-state index contributed by atoms with van der Waals surface area (Å²) in [6, 6.07) is 8.59. The molecular weight excluding hydrogens is 395 g/mol. The van der Waals surface area contributed by atoms with E-state index in [-0.39, 0.29) is 12.6 Å². The highest BCUT2D eigenvalue weighted by Gasteiger charge is 2.31. The van der Waals surface area contributed by atoms with Crippen molar-refractivity contribution < 1.29 is 18.0 Å². The molecule has 1 aliphatic heterocycles. The highest BCUT2D eigenvalue weighted by atomic mass is 19.4. The van der Waals surface area contributed by atoms with Gasteiger partial charge in [-0.1, -0.05) is 24.3 Å². The number of rotatable bonds is 7. The molecule has 0 saturated carbocycles. The van der Waals surface area contributed by atoms with Crippen molar-refractivity contribution in [2.75, 3.05) is 39.8 Å². The summed E-state index contributed by atoms with van der Waals surface area (Å²) < 4.78 is 37.3. The maximum absolute atomic E-state index is 12.4. The Bertz CT molecular complexity index is 715. The van der Waals surface area contributed by atoms with Crippen LogP contribution in [0.25, 0.3) is 0 Å². The van der Waals surface area contributed by atoms with Crippen LogP contribution in [0.2, 0.25) is 0 Å². The van der Waals surface area contributed by atoms with Crippen molar-refractivity contribution in [1.29, 1.82) is 0 Å². The number of hydrogen-bond acceptors (Lipinski definition) is 3. The quantitative estimate of drug-likeness (QED) is 0.519. The molecule has 1 fully saturated rings. The molecule has 0 unspecified atom stereocenters. The van der Waals surface area contributed by atoms with Gasteiger partial charge in [0, 0.05) is 39.3 Å². The van der Waals surface area contributed by atoms with E-state index in [1.54, 1.807) is 0 Å². The molecule has 0 radical (unpaired) electrons. The summed E-state index contributed by atoms with van der Waals surface area (Å²) in [7, 11) is 1.13. The smallest absolute Gasteiger partial charge is 0.357 e. The third kappa shape index (κ3) is 8.22. The van der Waals surface area contributed by atoms with Crippen LogP contribution in [-0.2, 0) is 11.3 Å². The standard InChI is InChI=1S/C21H32F3N5O/c1-4-25-20(26-13-19(30)28(3)15-21(22,23)24)27-18-9-11-29(12-10-18)14-17-8-6-5-7-16(17)2/h5-8,18H,4,9-15H2,1-3H3,(H2,25,26,27). The molecule has 1 aliphatic rings. The van der Waals surface area contributed by atoms with Gasteiger partial charge in [0.25, 0.3) is 0 Å². The van der Waals surface area contributed by atoms with E-state index >= 15 is 0 Å². The van der Waals surface area contributed by atoms with E-state index in [2.05, 4.69) is 45.6 Å². The molecule has 30 heavy (non-hydrogen) atoms. The molecule has 1 aromatic rings. The first kappa shape index (κ1) is 24.0. The van der Waals surface area contributed by atoms with Gasteiger partial charge in [0.1, 0.15) is 13.1 Å². The summed E-state index contributed by atoms with van der Waals surface area (Å²) in [4.78, 5) is 19.2. The maximum atomic E-state index is 12.4. The number of hydrogen-bond donors (Lipinski definition) is 2. The number of nitrogens with zero attached hydrogens (tertiary/aromatic N) is 3. The van der Waals surface area contributed by atoms with Crippen LogP contribution in [0, 0.1) is 6.92 Å². The average molecular weight is 428 g/mol. The zero-order valence-electron chi connectivity index (χ0n) is 17.9. The number of amides is 1. The Morgan fingerprint density at radius 1 is 1.27 bits per heavy atom. The van der Waals surface area contributed by atoms with Crippen molar-refractivity contribution in [3.8, 4) is 0 Å². The van der Waals surface area contributed by atoms with Crippen LogP contribution in [-0.4, -0.2) is 73.7 Å². The van der Waals surface area contributed by atoms with Crippen molar-refractivity contribution in [2.24, 2.45) is 4.99 Å². The zero-order valence-corrected chi connectivity index (χ0v) is 17.9. The second-order valence-electron chi connectivity index (χ2n) is 7.68. The Labute approximate surface area is 176 Å². The molecule has 1 aromatic carbocycles. The second kappa shape index (κ2) is 11.2. The predicted octanol–water partition coefficient (Wildman–Crippen LogP) is 2.54. The Morgan fingerprint density at radius 2 is 1.93 bits per heavy atom. The monoisotopic (exact) mass is 427 g/mol. The molecule has 168 valence electrons. The molecule has 9 heteroatoms. The van der Waals surface area contributed by atoms with E-state index in [9.17, 15) is 18.0 Å². The van der Waals surface area contributed by atoms with Crippen molar-refractivity contribution in [2.45, 2.75) is 45.5 Å². The Balaban J connectivity index is 1.83. The third-order valence-corrected chi connectivity index (χ3v) is 5.14. The van der Waals surface area contributed by atoms with E-state index < -0.39 is 18.6 Å². The molecule has 0 aliphatic carbocycles. The zero-order chi connectivity index (χ0) is 22.1. The number of likely N-dealkylation sites (tertiary alicyclic amines) is 1. The molecule has 1 amide bonds. The van der Waals surface area contributed by atoms with E-state index in [1.807, 2.05) is 13.0 Å². The number of alkyl halides is 3. The topological polar surface area (TPSA) is 60.0 Å². The SMILES string of the molecule is CCNC(=NCC(=O)N(C)CC(F)(F)F)NC1CCN(Cc2ccccc2C)CC1. The summed E-state index contributed by atoms with van der Waals surface area (Å²) in [5.41, 5.74) is 2.62.